The van der Waals surface area contributed by atoms with Gasteiger partial charge >= 0.3 is 0 Å². The lowest BCUT2D eigenvalue weighted by molar-refractivity contribution is 0.0543. The van der Waals surface area contributed by atoms with Crippen molar-refractivity contribution in [1.29, 1.82) is 0 Å². The maximum atomic E-state index is 6.26. The van der Waals surface area contributed by atoms with Gasteiger partial charge in [-0.2, -0.15) is 0 Å². The number of likely N-dealkylation sites (N-methyl/N-ethyl adjacent to an activating group) is 1. The molecule has 19 heavy (non-hydrogen) atoms. The molecule has 2 fully saturated rings. The van der Waals surface area contributed by atoms with Crippen LogP contribution in [0.25, 0.3) is 0 Å². The minimum atomic E-state index is 0.305. The molecule has 2 heteroatoms. The first kappa shape index (κ1) is 15.3. The summed E-state index contributed by atoms with van der Waals surface area (Å²) in [5.41, 5.74) is 6.56. The lowest BCUT2D eigenvalue weighted by Gasteiger charge is -2.45. The fraction of sp³-hybridized carbons (Fsp3) is 1.00. The highest BCUT2D eigenvalue weighted by molar-refractivity contribution is 4.95. The van der Waals surface area contributed by atoms with Crippen molar-refractivity contribution in [2.75, 3.05) is 13.6 Å². The maximum absolute atomic E-state index is 6.26. The Morgan fingerprint density at radius 3 is 2.26 bits per heavy atom. The van der Waals surface area contributed by atoms with Gasteiger partial charge in [-0.25, -0.2) is 0 Å². The van der Waals surface area contributed by atoms with Gasteiger partial charge in [-0.15, -0.1) is 0 Å². The fourth-order valence-electron chi connectivity index (χ4n) is 4.30. The van der Waals surface area contributed by atoms with Gasteiger partial charge in [0.15, 0.2) is 0 Å². The largest absolute Gasteiger partial charge is 0.329 e. The van der Waals surface area contributed by atoms with Crippen LogP contribution in [0.2, 0.25) is 0 Å². The Kier molecular flexibility index (Phi) is 5.70. The van der Waals surface area contributed by atoms with Gasteiger partial charge in [-0.05, 0) is 45.1 Å². The van der Waals surface area contributed by atoms with E-state index in [4.69, 9.17) is 5.73 Å². The first-order valence-electron chi connectivity index (χ1n) is 8.61. The van der Waals surface area contributed by atoms with Gasteiger partial charge < -0.3 is 5.73 Å². The Hall–Kier alpha value is -0.0800. The van der Waals surface area contributed by atoms with Gasteiger partial charge in [-0.3, -0.25) is 4.90 Å². The quantitative estimate of drug-likeness (QED) is 0.784. The Labute approximate surface area is 120 Å². The summed E-state index contributed by atoms with van der Waals surface area (Å²) in [6.45, 7) is 3.27. The second-order valence-corrected chi connectivity index (χ2v) is 7.22. The third kappa shape index (κ3) is 3.72. The minimum Gasteiger partial charge on any atom is -0.329 e. The summed E-state index contributed by atoms with van der Waals surface area (Å²) in [6.07, 6.45) is 15.3. The molecular formula is C17H34N2. The maximum Gasteiger partial charge on any atom is 0.0331 e. The summed E-state index contributed by atoms with van der Waals surface area (Å²) in [6, 6.07) is 0.791. The Morgan fingerprint density at radius 2 is 1.63 bits per heavy atom. The normalized spacial score (nSPS) is 35.1. The predicted octanol–water partition coefficient (Wildman–Crippen LogP) is 3.94. The Bertz CT molecular complexity index is 258. The van der Waals surface area contributed by atoms with Crippen LogP contribution in [0, 0.1) is 5.92 Å². The van der Waals surface area contributed by atoms with E-state index in [0.29, 0.717) is 5.54 Å². The summed E-state index contributed by atoms with van der Waals surface area (Å²) in [7, 11) is 2.37. The lowest BCUT2D eigenvalue weighted by Crippen LogP contribution is -2.55. The summed E-state index contributed by atoms with van der Waals surface area (Å²) in [5, 5.41) is 0. The Balaban J connectivity index is 2.05. The number of nitrogens with two attached hydrogens (primary N) is 1. The van der Waals surface area contributed by atoms with Gasteiger partial charge in [-0.1, -0.05) is 45.4 Å². The zero-order valence-corrected chi connectivity index (χ0v) is 13.2. The molecule has 2 nitrogen and oxygen atoms in total. The van der Waals surface area contributed by atoms with Gasteiger partial charge in [0, 0.05) is 18.1 Å². The van der Waals surface area contributed by atoms with E-state index in [-0.39, 0.29) is 0 Å². The van der Waals surface area contributed by atoms with E-state index in [9.17, 15) is 0 Å². The van der Waals surface area contributed by atoms with Gasteiger partial charge in [0.2, 0.25) is 0 Å². The van der Waals surface area contributed by atoms with Crippen molar-refractivity contribution in [3.63, 3.8) is 0 Å². The van der Waals surface area contributed by atoms with Crippen LogP contribution in [0.15, 0.2) is 0 Å². The van der Waals surface area contributed by atoms with E-state index >= 15 is 0 Å². The van der Waals surface area contributed by atoms with Crippen molar-refractivity contribution in [2.24, 2.45) is 11.7 Å². The molecule has 0 heterocycles. The zero-order valence-electron chi connectivity index (χ0n) is 13.2. The molecule has 0 aliphatic heterocycles. The van der Waals surface area contributed by atoms with Gasteiger partial charge in [0.1, 0.15) is 0 Å². The van der Waals surface area contributed by atoms with Crippen LogP contribution in [-0.2, 0) is 0 Å². The number of nitrogens with zero attached hydrogens (tertiary/aromatic N) is 1. The average Bonchev–Trinajstić information content (AvgIpc) is 2.79. The smallest absolute Gasteiger partial charge is 0.0331 e. The summed E-state index contributed by atoms with van der Waals surface area (Å²) in [4.78, 5) is 2.72. The number of hydrogen-bond donors (Lipinski definition) is 1. The molecule has 2 N–H and O–H groups in total. The van der Waals surface area contributed by atoms with Crippen LogP contribution >= 0.6 is 0 Å². The molecule has 2 unspecified atom stereocenters. The van der Waals surface area contributed by atoms with Crippen molar-refractivity contribution in [3.8, 4) is 0 Å². The van der Waals surface area contributed by atoms with Crippen molar-refractivity contribution >= 4 is 0 Å². The Morgan fingerprint density at radius 1 is 0.947 bits per heavy atom. The lowest BCUT2D eigenvalue weighted by atomic mass is 9.86. The van der Waals surface area contributed by atoms with Crippen molar-refractivity contribution in [1.82, 2.24) is 4.90 Å². The summed E-state index contributed by atoms with van der Waals surface area (Å²) >= 11 is 0. The molecule has 0 amide bonds. The average molecular weight is 266 g/mol. The highest BCUT2D eigenvalue weighted by Gasteiger charge is 2.38. The van der Waals surface area contributed by atoms with E-state index in [2.05, 4.69) is 18.9 Å². The first-order chi connectivity index (χ1) is 9.18. The highest BCUT2D eigenvalue weighted by Crippen LogP contribution is 2.36. The number of rotatable bonds is 3. The van der Waals surface area contributed by atoms with Crippen LogP contribution in [0.3, 0.4) is 0 Å². The second kappa shape index (κ2) is 7.08. The molecule has 0 aromatic heterocycles. The first-order valence-corrected chi connectivity index (χ1v) is 8.61. The fourth-order valence-corrected chi connectivity index (χ4v) is 4.30. The molecule has 0 bridgehead atoms. The summed E-state index contributed by atoms with van der Waals surface area (Å²) in [5.74, 6) is 0.899. The molecule has 0 spiro atoms. The van der Waals surface area contributed by atoms with E-state index in [0.717, 1.165) is 18.5 Å². The SMILES string of the molecule is CC1CCCC(CN)(N(C)C2CCCCCC2)CC1. The molecule has 2 aliphatic rings. The molecule has 112 valence electrons. The molecule has 2 rings (SSSR count). The van der Waals surface area contributed by atoms with Crippen LogP contribution in [-0.4, -0.2) is 30.1 Å². The van der Waals surface area contributed by atoms with Crippen LogP contribution in [0.4, 0.5) is 0 Å². The van der Waals surface area contributed by atoms with E-state index in [1.165, 1.54) is 70.6 Å². The van der Waals surface area contributed by atoms with Crippen LogP contribution in [0.5, 0.6) is 0 Å². The highest BCUT2D eigenvalue weighted by atomic mass is 15.2. The molecular weight excluding hydrogens is 232 g/mol. The molecule has 0 saturated heterocycles. The third-order valence-electron chi connectivity index (χ3n) is 5.94. The van der Waals surface area contributed by atoms with E-state index in [1.807, 2.05) is 0 Å². The zero-order chi connectivity index (χ0) is 13.7. The molecule has 0 aromatic rings. The van der Waals surface area contributed by atoms with Crippen LogP contribution < -0.4 is 5.73 Å². The van der Waals surface area contributed by atoms with Gasteiger partial charge in [0.25, 0.3) is 0 Å². The standard InChI is InChI=1S/C17H34N2/c1-15-8-7-12-17(14-18,13-11-15)19(2)16-9-5-3-4-6-10-16/h15-16H,3-14,18H2,1-2H3. The van der Waals surface area contributed by atoms with Crippen molar-refractivity contribution < 1.29 is 0 Å². The van der Waals surface area contributed by atoms with E-state index in [1.54, 1.807) is 0 Å². The summed E-state index contributed by atoms with van der Waals surface area (Å²) < 4.78 is 0. The molecule has 2 saturated carbocycles. The minimum absolute atomic E-state index is 0.305. The van der Waals surface area contributed by atoms with Crippen LogP contribution in [0.1, 0.15) is 77.6 Å². The third-order valence-corrected chi connectivity index (χ3v) is 5.94. The monoisotopic (exact) mass is 266 g/mol. The second-order valence-electron chi connectivity index (χ2n) is 7.22. The molecule has 0 aromatic carbocycles. The predicted molar refractivity (Wildman–Crippen MR) is 83.3 cm³/mol. The molecule has 2 atom stereocenters. The van der Waals surface area contributed by atoms with E-state index < -0.39 is 0 Å². The molecule has 2 aliphatic carbocycles. The molecule has 0 radical (unpaired) electrons. The van der Waals surface area contributed by atoms with Gasteiger partial charge in [0.05, 0.1) is 0 Å². The number of hydrogen-bond acceptors (Lipinski definition) is 2. The van der Waals surface area contributed by atoms with Crippen molar-refractivity contribution in [2.45, 2.75) is 89.1 Å². The van der Waals surface area contributed by atoms with Crippen molar-refractivity contribution in [3.05, 3.63) is 0 Å². The topological polar surface area (TPSA) is 29.3 Å².